The van der Waals surface area contributed by atoms with Gasteiger partial charge >= 0.3 is 0 Å². The van der Waals surface area contributed by atoms with E-state index in [-0.39, 0.29) is 23.9 Å². The highest BCUT2D eigenvalue weighted by Gasteiger charge is 2.11. The summed E-state index contributed by atoms with van der Waals surface area (Å²) in [5.41, 5.74) is 15.0. The lowest BCUT2D eigenvalue weighted by atomic mass is 10.2. The molecule has 0 saturated carbocycles. The van der Waals surface area contributed by atoms with E-state index in [1.165, 1.54) is 6.07 Å². The Morgan fingerprint density at radius 2 is 2.00 bits per heavy atom. The van der Waals surface area contributed by atoms with Gasteiger partial charge in [0.25, 0.3) is 0 Å². The van der Waals surface area contributed by atoms with Gasteiger partial charge in [-0.15, -0.1) is 0 Å². The molecule has 112 valence electrons. The molecule has 21 heavy (non-hydrogen) atoms. The van der Waals surface area contributed by atoms with Crippen molar-refractivity contribution in [1.29, 1.82) is 0 Å². The molecule has 1 heterocycles. The molecule has 0 radical (unpaired) electrons. The van der Waals surface area contributed by atoms with E-state index in [2.05, 4.69) is 10.4 Å². The molecule has 0 aliphatic heterocycles. The Morgan fingerprint density at radius 1 is 1.24 bits per heavy atom. The first-order valence-electron chi connectivity index (χ1n) is 6.03. The van der Waals surface area contributed by atoms with Gasteiger partial charge in [-0.05, 0) is 18.2 Å². The normalized spacial score (nSPS) is 10.2. The zero-order chi connectivity index (χ0) is 15.4. The largest absolute Gasteiger partial charge is 0.496 e. The van der Waals surface area contributed by atoms with Crippen LogP contribution in [0.3, 0.4) is 0 Å². The zero-order valence-electron chi connectivity index (χ0n) is 11.4. The van der Waals surface area contributed by atoms with Gasteiger partial charge in [-0.25, -0.2) is 10.8 Å². The van der Waals surface area contributed by atoms with Crippen LogP contribution in [0.25, 0.3) is 0 Å². The van der Waals surface area contributed by atoms with Crippen molar-refractivity contribution in [2.24, 2.45) is 5.84 Å². The lowest BCUT2D eigenvalue weighted by molar-refractivity contribution is 0.298. The van der Waals surface area contributed by atoms with Crippen LogP contribution in [0.15, 0.2) is 24.3 Å². The second kappa shape index (κ2) is 6.38. The Bertz CT molecular complexity index is 651. The molecule has 0 saturated heterocycles. The van der Waals surface area contributed by atoms with Gasteiger partial charge in [0, 0.05) is 16.7 Å². The number of nitrogens with one attached hydrogen (secondary N) is 1. The van der Waals surface area contributed by atoms with Crippen LogP contribution in [0, 0.1) is 0 Å². The number of anilines is 3. The van der Waals surface area contributed by atoms with E-state index in [1.807, 2.05) is 0 Å². The number of nitrogen functional groups attached to an aromatic ring is 3. The number of rotatable bonds is 5. The SMILES string of the molecule is COc1ccc(Cl)cc1COc1cc(N)nc(NN)c1N. The molecule has 0 unspecified atom stereocenters. The molecule has 0 atom stereocenters. The van der Waals surface area contributed by atoms with Crippen LogP contribution in [0.5, 0.6) is 11.5 Å². The lowest BCUT2D eigenvalue weighted by Gasteiger charge is -2.14. The predicted octanol–water partition coefficient (Wildman–Crippen LogP) is 1.77. The second-order valence-corrected chi connectivity index (χ2v) is 4.63. The van der Waals surface area contributed by atoms with E-state index in [0.717, 1.165) is 5.56 Å². The molecule has 0 aliphatic carbocycles. The average Bonchev–Trinajstić information content (AvgIpc) is 2.47. The second-order valence-electron chi connectivity index (χ2n) is 4.20. The minimum atomic E-state index is 0.210. The van der Waals surface area contributed by atoms with Crippen molar-refractivity contribution >= 4 is 28.9 Å². The van der Waals surface area contributed by atoms with Gasteiger partial charge in [0.2, 0.25) is 0 Å². The van der Waals surface area contributed by atoms with Gasteiger partial charge in [-0.2, -0.15) is 0 Å². The van der Waals surface area contributed by atoms with Gasteiger partial charge in [-0.3, -0.25) is 0 Å². The van der Waals surface area contributed by atoms with Gasteiger partial charge in [0.05, 0.1) is 7.11 Å². The summed E-state index contributed by atoms with van der Waals surface area (Å²) in [7, 11) is 1.57. The number of benzene rings is 1. The standard InChI is InChI=1S/C13H16ClN5O2/c1-20-9-3-2-8(14)4-7(9)6-21-10-5-11(15)18-13(19-17)12(10)16/h2-5H,6,16-17H2,1H3,(H3,15,18,19). The van der Waals surface area contributed by atoms with Crippen molar-refractivity contribution < 1.29 is 9.47 Å². The number of nitrogens with zero attached hydrogens (tertiary/aromatic N) is 1. The molecule has 2 rings (SSSR count). The minimum Gasteiger partial charge on any atom is -0.496 e. The van der Waals surface area contributed by atoms with Crippen molar-refractivity contribution in [3.05, 3.63) is 34.9 Å². The van der Waals surface area contributed by atoms with E-state index < -0.39 is 0 Å². The number of hydrazine groups is 1. The third-order valence-electron chi connectivity index (χ3n) is 2.80. The summed E-state index contributed by atoms with van der Waals surface area (Å²) < 4.78 is 10.9. The maximum atomic E-state index is 5.97. The quantitative estimate of drug-likeness (QED) is 0.490. The van der Waals surface area contributed by atoms with Gasteiger partial charge in [0.1, 0.15) is 29.6 Å². The lowest BCUT2D eigenvalue weighted by Crippen LogP contribution is -2.13. The van der Waals surface area contributed by atoms with Crippen molar-refractivity contribution in [2.75, 3.05) is 24.0 Å². The van der Waals surface area contributed by atoms with Gasteiger partial charge < -0.3 is 26.4 Å². The molecule has 0 bridgehead atoms. The van der Waals surface area contributed by atoms with Crippen LogP contribution in [-0.4, -0.2) is 12.1 Å². The number of hydrogen-bond donors (Lipinski definition) is 4. The number of nitrogens with two attached hydrogens (primary N) is 3. The number of hydrogen-bond acceptors (Lipinski definition) is 7. The number of halogens is 1. The highest BCUT2D eigenvalue weighted by atomic mass is 35.5. The Labute approximate surface area is 127 Å². The summed E-state index contributed by atoms with van der Waals surface area (Å²) in [5.74, 6) is 6.85. The number of pyridine rings is 1. The molecule has 0 aliphatic rings. The molecule has 7 N–H and O–H groups in total. The van der Waals surface area contributed by atoms with E-state index >= 15 is 0 Å². The Hall–Kier alpha value is -2.38. The summed E-state index contributed by atoms with van der Waals surface area (Å²) in [6.45, 7) is 0.210. The fourth-order valence-corrected chi connectivity index (χ4v) is 1.99. The van der Waals surface area contributed by atoms with Crippen molar-refractivity contribution in [2.45, 2.75) is 6.61 Å². The monoisotopic (exact) mass is 309 g/mol. The molecule has 0 fully saturated rings. The Balaban J connectivity index is 2.24. The summed E-state index contributed by atoms with van der Waals surface area (Å²) in [6.07, 6.45) is 0. The topological polar surface area (TPSA) is 121 Å². The highest BCUT2D eigenvalue weighted by Crippen LogP contribution is 2.31. The molecule has 1 aromatic heterocycles. The van der Waals surface area contributed by atoms with E-state index in [9.17, 15) is 0 Å². The van der Waals surface area contributed by atoms with E-state index in [0.29, 0.717) is 16.5 Å². The highest BCUT2D eigenvalue weighted by molar-refractivity contribution is 6.30. The molecule has 0 spiro atoms. The van der Waals surface area contributed by atoms with Crippen molar-refractivity contribution in [3.63, 3.8) is 0 Å². The van der Waals surface area contributed by atoms with Crippen LogP contribution in [-0.2, 0) is 6.61 Å². The molecular formula is C13H16ClN5O2. The first-order valence-corrected chi connectivity index (χ1v) is 6.40. The molecule has 8 heteroatoms. The minimum absolute atomic E-state index is 0.210. The fourth-order valence-electron chi connectivity index (χ4n) is 1.80. The average molecular weight is 310 g/mol. The van der Waals surface area contributed by atoms with Gasteiger partial charge in [-0.1, -0.05) is 11.6 Å². The summed E-state index contributed by atoms with van der Waals surface area (Å²) in [4.78, 5) is 3.95. The molecule has 0 amide bonds. The summed E-state index contributed by atoms with van der Waals surface area (Å²) in [5, 5.41) is 0.584. The number of methoxy groups -OCH3 is 1. The molecule has 7 nitrogen and oxygen atoms in total. The summed E-state index contributed by atoms with van der Waals surface area (Å²) in [6, 6.07) is 6.77. The number of aromatic nitrogens is 1. The van der Waals surface area contributed by atoms with Crippen LogP contribution >= 0.6 is 11.6 Å². The Kier molecular flexibility index (Phi) is 4.56. The smallest absolute Gasteiger partial charge is 0.169 e. The molecular weight excluding hydrogens is 294 g/mol. The predicted molar refractivity (Wildman–Crippen MR) is 83.2 cm³/mol. The molecule has 2 aromatic rings. The van der Waals surface area contributed by atoms with Gasteiger partial charge in [0.15, 0.2) is 5.82 Å². The van der Waals surface area contributed by atoms with Crippen molar-refractivity contribution in [1.82, 2.24) is 4.98 Å². The first-order chi connectivity index (χ1) is 10.0. The fraction of sp³-hybridized carbons (Fsp3) is 0.154. The van der Waals surface area contributed by atoms with Crippen LogP contribution in [0.2, 0.25) is 5.02 Å². The maximum absolute atomic E-state index is 5.97. The summed E-state index contributed by atoms with van der Waals surface area (Å²) >= 11 is 5.97. The zero-order valence-corrected chi connectivity index (χ0v) is 12.1. The number of ether oxygens (including phenoxy) is 2. The third kappa shape index (κ3) is 3.39. The first kappa shape index (κ1) is 15.0. The maximum Gasteiger partial charge on any atom is 0.169 e. The van der Waals surface area contributed by atoms with E-state index in [4.69, 9.17) is 38.4 Å². The third-order valence-corrected chi connectivity index (χ3v) is 3.04. The van der Waals surface area contributed by atoms with Crippen LogP contribution in [0.4, 0.5) is 17.3 Å². The molecule has 1 aromatic carbocycles. The van der Waals surface area contributed by atoms with E-state index in [1.54, 1.807) is 25.3 Å². The van der Waals surface area contributed by atoms with Crippen LogP contribution in [0.1, 0.15) is 5.56 Å². The Morgan fingerprint density at radius 3 is 2.67 bits per heavy atom. The van der Waals surface area contributed by atoms with Crippen LogP contribution < -0.4 is 32.2 Å². The van der Waals surface area contributed by atoms with Crippen molar-refractivity contribution in [3.8, 4) is 11.5 Å².